The Kier molecular flexibility index (Phi) is 5.23. The summed E-state index contributed by atoms with van der Waals surface area (Å²) in [5, 5.41) is 3.49. The smallest absolute Gasteiger partial charge is 0.225 e. The third-order valence-corrected chi connectivity index (χ3v) is 6.77. The molecule has 1 spiro atoms. The number of aryl methyl sites for hydroxylation is 1. The molecular formula is C20H33N5. The first-order valence-electron chi connectivity index (χ1n) is 10.2. The normalized spacial score (nSPS) is 25.4. The Hall–Kier alpha value is -1.20. The van der Waals surface area contributed by atoms with Crippen LogP contribution in [0.2, 0.25) is 0 Å². The fourth-order valence-corrected chi connectivity index (χ4v) is 4.87. The molecule has 5 nitrogen and oxygen atoms in total. The fourth-order valence-electron chi connectivity index (χ4n) is 4.87. The highest BCUT2D eigenvalue weighted by molar-refractivity contribution is 5.30. The van der Waals surface area contributed by atoms with E-state index in [9.17, 15) is 0 Å². The molecule has 0 aliphatic carbocycles. The van der Waals surface area contributed by atoms with Crippen molar-refractivity contribution in [2.45, 2.75) is 45.4 Å². The molecule has 0 unspecified atom stereocenters. The SMILES string of the molecule is Cc1cnc(N2CCC3(CCN(CC4CCNCC4)CC3)CC2)nc1. The molecule has 3 aliphatic rings. The van der Waals surface area contributed by atoms with Crippen LogP contribution in [0.4, 0.5) is 5.95 Å². The maximum Gasteiger partial charge on any atom is 0.225 e. The lowest BCUT2D eigenvalue weighted by molar-refractivity contribution is 0.0669. The summed E-state index contributed by atoms with van der Waals surface area (Å²) in [6.07, 6.45) is 12.0. The highest BCUT2D eigenvalue weighted by atomic mass is 15.3. The van der Waals surface area contributed by atoms with Gasteiger partial charge in [0, 0.05) is 32.0 Å². The van der Waals surface area contributed by atoms with E-state index in [1.807, 2.05) is 19.3 Å². The van der Waals surface area contributed by atoms with Gasteiger partial charge in [0.15, 0.2) is 0 Å². The Morgan fingerprint density at radius 2 is 1.60 bits per heavy atom. The summed E-state index contributed by atoms with van der Waals surface area (Å²) >= 11 is 0. The van der Waals surface area contributed by atoms with Crippen molar-refractivity contribution < 1.29 is 0 Å². The number of nitrogens with one attached hydrogen (secondary N) is 1. The second-order valence-corrected chi connectivity index (χ2v) is 8.54. The molecule has 0 amide bonds. The predicted octanol–water partition coefficient (Wildman–Crippen LogP) is 2.47. The molecule has 0 saturated carbocycles. The van der Waals surface area contributed by atoms with Crippen LogP contribution < -0.4 is 10.2 Å². The zero-order chi connectivity index (χ0) is 17.1. The molecule has 0 radical (unpaired) electrons. The van der Waals surface area contributed by atoms with E-state index >= 15 is 0 Å². The minimum atomic E-state index is 0.589. The summed E-state index contributed by atoms with van der Waals surface area (Å²) in [5.74, 6) is 1.85. The second-order valence-electron chi connectivity index (χ2n) is 8.54. The average Bonchev–Trinajstić information content (AvgIpc) is 2.66. The van der Waals surface area contributed by atoms with Gasteiger partial charge in [-0.2, -0.15) is 0 Å². The predicted molar refractivity (Wildman–Crippen MR) is 102 cm³/mol. The van der Waals surface area contributed by atoms with E-state index < -0.39 is 0 Å². The van der Waals surface area contributed by atoms with Gasteiger partial charge in [-0.05, 0) is 88.5 Å². The lowest BCUT2D eigenvalue weighted by Gasteiger charge is -2.47. The van der Waals surface area contributed by atoms with Gasteiger partial charge in [-0.1, -0.05) is 0 Å². The molecule has 4 heterocycles. The van der Waals surface area contributed by atoms with Crippen molar-refractivity contribution in [3.8, 4) is 0 Å². The molecular weight excluding hydrogens is 310 g/mol. The average molecular weight is 344 g/mol. The van der Waals surface area contributed by atoms with Gasteiger partial charge in [0.1, 0.15) is 0 Å². The standard InChI is InChI=1S/C20H33N5/c1-17-14-22-19(23-15-17)25-12-6-20(7-13-25)4-10-24(11-5-20)16-18-2-8-21-9-3-18/h14-15,18,21H,2-13,16H2,1H3. The zero-order valence-electron chi connectivity index (χ0n) is 15.7. The highest BCUT2D eigenvalue weighted by Gasteiger charge is 2.38. The molecule has 3 saturated heterocycles. The number of piperidine rings is 3. The summed E-state index contributed by atoms with van der Waals surface area (Å²) in [5.41, 5.74) is 1.73. The van der Waals surface area contributed by atoms with Crippen LogP contribution in [0, 0.1) is 18.3 Å². The number of hydrogen-bond acceptors (Lipinski definition) is 5. The number of nitrogens with zero attached hydrogens (tertiary/aromatic N) is 4. The Labute approximate surface area is 152 Å². The topological polar surface area (TPSA) is 44.3 Å². The van der Waals surface area contributed by atoms with E-state index in [2.05, 4.69) is 25.1 Å². The van der Waals surface area contributed by atoms with Gasteiger partial charge in [0.05, 0.1) is 0 Å². The third kappa shape index (κ3) is 4.14. The monoisotopic (exact) mass is 343 g/mol. The van der Waals surface area contributed by atoms with Gasteiger partial charge in [-0.15, -0.1) is 0 Å². The van der Waals surface area contributed by atoms with Gasteiger partial charge in [-0.3, -0.25) is 0 Å². The number of anilines is 1. The summed E-state index contributed by atoms with van der Waals surface area (Å²) in [6.45, 7) is 10.7. The number of aromatic nitrogens is 2. The molecule has 1 aromatic rings. The maximum atomic E-state index is 4.51. The van der Waals surface area contributed by atoms with Crippen LogP contribution in [0.25, 0.3) is 0 Å². The van der Waals surface area contributed by atoms with Crippen molar-refractivity contribution >= 4 is 5.95 Å². The van der Waals surface area contributed by atoms with E-state index in [4.69, 9.17) is 0 Å². The Bertz CT molecular complexity index is 534. The summed E-state index contributed by atoms with van der Waals surface area (Å²) in [6, 6.07) is 0. The number of likely N-dealkylation sites (tertiary alicyclic amines) is 1. The van der Waals surface area contributed by atoms with Crippen LogP contribution in [0.1, 0.15) is 44.1 Å². The largest absolute Gasteiger partial charge is 0.341 e. The van der Waals surface area contributed by atoms with Crippen LogP contribution in [-0.4, -0.2) is 60.7 Å². The quantitative estimate of drug-likeness (QED) is 0.913. The van der Waals surface area contributed by atoms with Gasteiger partial charge < -0.3 is 15.1 Å². The molecule has 138 valence electrons. The third-order valence-electron chi connectivity index (χ3n) is 6.77. The van der Waals surface area contributed by atoms with Crippen molar-refractivity contribution in [3.63, 3.8) is 0 Å². The molecule has 1 N–H and O–H groups in total. The second kappa shape index (κ2) is 7.58. The molecule has 0 bridgehead atoms. The minimum absolute atomic E-state index is 0.589. The Balaban J connectivity index is 1.25. The van der Waals surface area contributed by atoms with Crippen LogP contribution in [-0.2, 0) is 0 Å². The summed E-state index contributed by atoms with van der Waals surface area (Å²) in [7, 11) is 0. The molecule has 3 aliphatic heterocycles. The van der Waals surface area contributed by atoms with E-state index in [0.29, 0.717) is 5.41 Å². The molecule has 4 rings (SSSR count). The van der Waals surface area contributed by atoms with Crippen molar-refractivity contribution in [2.75, 3.05) is 50.7 Å². The first kappa shape index (κ1) is 17.2. The molecule has 25 heavy (non-hydrogen) atoms. The Morgan fingerprint density at radius 1 is 1.00 bits per heavy atom. The van der Waals surface area contributed by atoms with Crippen molar-refractivity contribution in [3.05, 3.63) is 18.0 Å². The van der Waals surface area contributed by atoms with Gasteiger partial charge in [0.2, 0.25) is 5.95 Å². The van der Waals surface area contributed by atoms with E-state index in [0.717, 1.165) is 30.5 Å². The number of rotatable bonds is 3. The molecule has 0 atom stereocenters. The van der Waals surface area contributed by atoms with Crippen LogP contribution in [0.5, 0.6) is 0 Å². The fraction of sp³-hybridized carbons (Fsp3) is 0.800. The Morgan fingerprint density at radius 3 is 2.24 bits per heavy atom. The number of hydrogen-bond donors (Lipinski definition) is 1. The van der Waals surface area contributed by atoms with Crippen molar-refractivity contribution in [1.82, 2.24) is 20.2 Å². The highest BCUT2D eigenvalue weighted by Crippen LogP contribution is 2.41. The van der Waals surface area contributed by atoms with E-state index in [1.54, 1.807) is 0 Å². The lowest BCUT2D eigenvalue weighted by atomic mass is 9.71. The van der Waals surface area contributed by atoms with Crippen LogP contribution in [0.15, 0.2) is 12.4 Å². The van der Waals surface area contributed by atoms with Gasteiger partial charge >= 0.3 is 0 Å². The van der Waals surface area contributed by atoms with Gasteiger partial charge in [0.25, 0.3) is 0 Å². The minimum Gasteiger partial charge on any atom is -0.341 e. The van der Waals surface area contributed by atoms with Crippen molar-refractivity contribution in [1.29, 1.82) is 0 Å². The van der Waals surface area contributed by atoms with E-state index in [1.165, 1.54) is 71.2 Å². The van der Waals surface area contributed by atoms with Crippen LogP contribution in [0.3, 0.4) is 0 Å². The molecule has 3 fully saturated rings. The molecule has 1 aromatic heterocycles. The molecule has 5 heteroatoms. The van der Waals surface area contributed by atoms with E-state index in [-0.39, 0.29) is 0 Å². The lowest BCUT2D eigenvalue weighted by Crippen LogP contribution is -2.48. The summed E-state index contributed by atoms with van der Waals surface area (Å²) < 4.78 is 0. The molecule has 0 aromatic carbocycles. The van der Waals surface area contributed by atoms with Gasteiger partial charge in [-0.25, -0.2) is 9.97 Å². The van der Waals surface area contributed by atoms with Crippen molar-refractivity contribution in [2.24, 2.45) is 11.3 Å². The maximum absolute atomic E-state index is 4.51. The first-order valence-corrected chi connectivity index (χ1v) is 10.2. The zero-order valence-corrected chi connectivity index (χ0v) is 15.7. The summed E-state index contributed by atoms with van der Waals surface area (Å²) in [4.78, 5) is 14.2. The first-order chi connectivity index (χ1) is 12.2. The van der Waals surface area contributed by atoms with Crippen LogP contribution >= 0.6 is 0 Å².